The highest BCUT2D eigenvalue weighted by molar-refractivity contribution is 6.38. The van der Waals surface area contributed by atoms with Crippen molar-refractivity contribution in [3.8, 4) is 0 Å². The highest BCUT2D eigenvalue weighted by atomic mass is 35.5. The molecule has 4 nitrogen and oxygen atoms in total. The Balaban J connectivity index is 3.38. The number of halogens is 2. The van der Waals surface area contributed by atoms with Crippen LogP contribution < -0.4 is 5.73 Å². The summed E-state index contributed by atoms with van der Waals surface area (Å²) in [6.07, 6.45) is 0. The summed E-state index contributed by atoms with van der Waals surface area (Å²) in [5, 5.41) is 10.5. The second-order valence-electron chi connectivity index (χ2n) is 2.33. The zero-order valence-electron chi connectivity index (χ0n) is 6.46. The molecule has 1 rings (SSSR count). The largest absolute Gasteiger partial charge is 0.326 e. The van der Waals surface area contributed by atoms with Gasteiger partial charge in [0, 0.05) is 6.54 Å². The number of hydrogen-bond donors (Lipinski definition) is 1. The quantitative estimate of drug-likeness (QED) is 0.615. The minimum Gasteiger partial charge on any atom is -0.326 e. The lowest BCUT2D eigenvalue weighted by Crippen LogP contribution is -2.00. The topological polar surface area (TPSA) is 69.2 Å². The third-order valence-electron chi connectivity index (χ3n) is 1.55. The van der Waals surface area contributed by atoms with Gasteiger partial charge in [0.15, 0.2) is 0 Å². The molecular weight excluding hydrogens is 215 g/mol. The van der Waals surface area contributed by atoms with Crippen molar-refractivity contribution in [3.05, 3.63) is 37.9 Å². The molecule has 13 heavy (non-hydrogen) atoms. The van der Waals surface area contributed by atoms with Crippen LogP contribution in [0.2, 0.25) is 10.0 Å². The summed E-state index contributed by atoms with van der Waals surface area (Å²) in [6, 6.07) is 2.98. The van der Waals surface area contributed by atoms with Crippen molar-refractivity contribution < 1.29 is 4.92 Å². The van der Waals surface area contributed by atoms with Crippen molar-refractivity contribution in [1.82, 2.24) is 0 Å². The number of benzene rings is 1. The molecule has 2 N–H and O–H groups in total. The van der Waals surface area contributed by atoms with Crippen molar-refractivity contribution in [1.29, 1.82) is 0 Å². The molecule has 6 heteroatoms. The van der Waals surface area contributed by atoms with Gasteiger partial charge in [-0.3, -0.25) is 10.1 Å². The van der Waals surface area contributed by atoms with Crippen LogP contribution in [-0.4, -0.2) is 4.92 Å². The fourth-order valence-electron chi connectivity index (χ4n) is 0.908. The molecule has 0 fully saturated rings. The average molecular weight is 221 g/mol. The fourth-order valence-corrected chi connectivity index (χ4v) is 1.49. The van der Waals surface area contributed by atoms with E-state index in [9.17, 15) is 10.1 Å². The Kier molecular flexibility index (Phi) is 3.08. The predicted octanol–water partition coefficient (Wildman–Crippen LogP) is 2.36. The summed E-state index contributed by atoms with van der Waals surface area (Å²) in [6.45, 7) is 0.150. The fraction of sp³-hybridized carbons (Fsp3) is 0.143. The van der Waals surface area contributed by atoms with Gasteiger partial charge in [-0.15, -0.1) is 0 Å². The van der Waals surface area contributed by atoms with Crippen molar-refractivity contribution >= 4 is 28.9 Å². The standard InChI is InChI=1S/C7H6Cl2N2O2/c8-5-2-1-4(3-10)6(9)7(5)11(12)13/h1-2H,3,10H2. The Labute approximate surface area is 84.4 Å². The molecule has 0 radical (unpaired) electrons. The molecular formula is C7H6Cl2N2O2. The number of nitro groups is 1. The van der Waals surface area contributed by atoms with Crippen LogP contribution in [0, 0.1) is 10.1 Å². The zero-order chi connectivity index (χ0) is 10.0. The molecule has 1 aromatic rings. The predicted molar refractivity (Wildman–Crippen MR) is 51.0 cm³/mol. The molecule has 0 atom stereocenters. The number of rotatable bonds is 2. The minimum atomic E-state index is -0.621. The lowest BCUT2D eigenvalue weighted by atomic mass is 10.2. The molecule has 1 aromatic carbocycles. The summed E-state index contributed by atoms with van der Waals surface area (Å²) in [4.78, 5) is 9.89. The second kappa shape index (κ2) is 3.91. The van der Waals surface area contributed by atoms with E-state index < -0.39 is 4.92 Å². The van der Waals surface area contributed by atoms with Crippen LogP contribution in [-0.2, 0) is 6.54 Å². The molecule has 70 valence electrons. The van der Waals surface area contributed by atoms with E-state index >= 15 is 0 Å². The second-order valence-corrected chi connectivity index (χ2v) is 3.12. The van der Waals surface area contributed by atoms with Crippen molar-refractivity contribution in [2.75, 3.05) is 0 Å². The van der Waals surface area contributed by atoms with Gasteiger partial charge in [0.2, 0.25) is 0 Å². The van der Waals surface area contributed by atoms with E-state index in [1.165, 1.54) is 6.07 Å². The van der Waals surface area contributed by atoms with Crippen LogP contribution in [0.25, 0.3) is 0 Å². The van der Waals surface area contributed by atoms with Gasteiger partial charge >= 0.3 is 5.69 Å². The third-order valence-corrected chi connectivity index (χ3v) is 2.28. The first kappa shape index (κ1) is 10.2. The van der Waals surface area contributed by atoms with E-state index in [-0.39, 0.29) is 22.3 Å². The summed E-state index contributed by atoms with van der Waals surface area (Å²) >= 11 is 11.3. The van der Waals surface area contributed by atoms with E-state index in [1.807, 2.05) is 0 Å². The third kappa shape index (κ3) is 1.91. The van der Waals surface area contributed by atoms with E-state index in [2.05, 4.69) is 0 Å². The van der Waals surface area contributed by atoms with Gasteiger partial charge in [0.25, 0.3) is 0 Å². The first-order chi connectivity index (χ1) is 6.07. The SMILES string of the molecule is NCc1ccc(Cl)c([N+](=O)[O-])c1Cl. The first-order valence-electron chi connectivity index (χ1n) is 3.39. The van der Waals surface area contributed by atoms with E-state index in [1.54, 1.807) is 6.07 Å². The zero-order valence-corrected chi connectivity index (χ0v) is 7.97. The normalized spacial score (nSPS) is 10.1. The molecule has 0 aliphatic rings. The Morgan fingerprint density at radius 3 is 2.54 bits per heavy atom. The number of nitrogens with two attached hydrogens (primary N) is 1. The molecule has 0 aliphatic carbocycles. The Morgan fingerprint density at radius 2 is 2.08 bits per heavy atom. The van der Waals surface area contributed by atoms with Crippen molar-refractivity contribution in [2.24, 2.45) is 5.73 Å². The minimum absolute atomic E-state index is 0.0139. The van der Waals surface area contributed by atoms with Crippen molar-refractivity contribution in [3.63, 3.8) is 0 Å². The molecule has 0 amide bonds. The van der Waals surface area contributed by atoms with Crippen LogP contribution in [0.4, 0.5) is 5.69 Å². The highest BCUT2D eigenvalue weighted by Crippen LogP contribution is 2.34. The molecule has 0 bridgehead atoms. The summed E-state index contributed by atoms with van der Waals surface area (Å²) < 4.78 is 0. The number of hydrogen-bond acceptors (Lipinski definition) is 3. The molecule has 0 saturated carbocycles. The summed E-state index contributed by atoms with van der Waals surface area (Å²) in [5.41, 5.74) is 5.55. The number of nitro benzene ring substituents is 1. The maximum atomic E-state index is 10.5. The molecule has 0 unspecified atom stereocenters. The van der Waals surface area contributed by atoms with Gasteiger partial charge in [-0.05, 0) is 11.6 Å². The summed E-state index contributed by atoms with van der Waals surface area (Å²) in [7, 11) is 0. The van der Waals surface area contributed by atoms with Crippen LogP contribution in [0.1, 0.15) is 5.56 Å². The molecule has 0 heterocycles. The van der Waals surface area contributed by atoms with Gasteiger partial charge < -0.3 is 5.73 Å². The van der Waals surface area contributed by atoms with E-state index in [4.69, 9.17) is 28.9 Å². The summed E-state index contributed by atoms with van der Waals surface area (Å²) in [5.74, 6) is 0. The van der Waals surface area contributed by atoms with Gasteiger partial charge in [-0.2, -0.15) is 0 Å². The lowest BCUT2D eigenvalue weighted by Gasteiger charge is -2.02. The van der Waals surface area contributed by atoms with E-state index in [0.717, 1.165) is 0 Å². The van der Waals surface area contributed by atoms with Crippen LogP contribution in [0.3, 0.4) is 0 Å². The molecule has 0 spiro atoms. The van der Waals surface area contributed by atoms with Gasteiger partial charge in [-0.1, -0.05) is 29.3 Å². The maximum Gasteiger partial charge on any atom is 0.306 e. The average Bonchev–Trinajstić information content (AvgIpc) is 2.04. The smallest absolute Gasteiger partial charge is 0.306 e. The molecule has 0 aromatic heterocycles. The monoisotopic (exact) mass is 220 g/mol. The lowest BCUT2D eigenvalue weighted by molar-refractivity contribution is -0.384. The van der Waals surface area contributed by atoms with Crippen molar-refractivity contribution in [2.45, 2.75) is 6.54 Å². The van der Waals surface area contributed by atoms with Gasteiger partial charge in [0.1, 0.15) is 10.0 Å². The maximum absolute atomic E-state index is 10.5. The molecule has 0 saturated heterocycles. The van der Waals surface area contributed by atoms with Gasteiger partial charge in [-0.25, -0.2) is 0 Å². The molecule has 0 aliphatic heterocycles. The Bertz CT molecular complexity index is 355. The van der Waals surface area contributed by atoms with Crippen LogP contribution in [0.5, 0.6) is 0 Å². The number of nitrogens with zero attached hydrogens (tertiary/aromatic N) is 1. The Hall–Kier alpha value is -0.840. The Morgan fingerprint density at radius 1 is 1.46 bits per heavy atom. The highest BCUT2D eigenvalue weighted by Gasteiger charge is 2.19. The van der Waals surface area contributed by atoms with Crippen LogP contribution >= 0.6 is 23.2 Å². The van der Waals surface area contributed by atoms with E-state index in [0.29, 0.717) is 5.56 Å². The first-order valence-corrected chi connectivity index (χ1v) is 4.15. The van der Waals surface area contributed by atoms with Crippen LogP contribution in [0.15, 0.2) is 12.1 Å². The van der Waals surface area contributed by atoms with Gasteiger partial charge in [0.05, 0.1) is 4.92 Å².